The fraction of sp³-hybridized carbons (Fsp3) is 0.538. The van der Waals surface area contributed by atoms with Crippen LogP contribution in [0.25, 0.3) is 10.9 Å². The Balaban J connectivity index is 2.04. The van der Waals surface area contributed by atoms with E-state index in [4.69, 9.17) is 4.74 Å². The first-order valence-electron chi connectivity index (χ1n) is 11.1. The van der Waals surface area contributed by atoms with E-state index in [9.17, 15) is 4.79 Å². The lowest BCUT2D eigenvalue weighted by Crippen LogP contribution is -2.37. The van der Waals surface area contributed by atoms with E-state index in [1.807, 2.05) is 51.2 Å². The number of rotatable bonds is 5. The monoisotopic (exact) mass is 423 g/mol. The normalized spacial score (nSPS) is 13.2. The lowest BCUT2D eigenvalue weighted by atomic mass is 9.77. The molecule has 168 valence electrons. The topological polar surface area (TPSA) is 49.0 Å². The van der Waals surface area contributed by atoms with Crippen LogP contribution >= 0.6 is 0 Å². The Kier molecular flexibility index (Phi) is 5.85. The van der Waals surface area contributed by atoms with Gasteiger partial charge in [0.2, 0.25) is 0 Å². The Bertz CT molecular complexity index is 1080. The molecule has 31 heavy (non-hydrogen) atoms. The van der Waals surface area contributed by atoms with Crippen LogP contribution in [0.2, 0.25) is 0 Å². The summed E-state index contributed by atoms with van der Waals surface area (Å²) < 4.78 is 9.59. The first-order valence-corrected chi connectivity index (χ1v) is 11.1. The van der Waals surface area contributed by atoms with E-state index in [0.29, 0.717) is 5.92 Å². The van der Waals surface area contributed by atoms with Crippen molar-refractivity contribution >= 4 is 17.0 Å². The second-order valence-corrected chi connectivity index (χ2v) is 11.2. The number of fused-ring (bicyclic) bond motifs is 1. The van der Waals surface area contributed by atoms with Crippen LogP contribution in [-0.4, -0.2) is 26.0 Å². The highest BCUT2D eigenvalue weighted by molar-refractivity contribution is 5.91. The molecule has 0 bridgehead atoms. The third-order valence-electron chi connectivity index (χ3n) is 5.74. The number of hydrogen-bond acceptors (Lipinski definition) is 3. The van der Waals surface area contributed by atoms with Crippen molar-refractivity contribution < 1.29 is 9.53 Å². The molecule has 0 saturated heterocycles. The Morgan fingerprint density at radius 2 is 1.71 bits per heavy atom. The van der Waals surface area contributed by atoms with Crippen LogP contribution in [0.15, 0.2) is 42.7 Å². The molecule has 5 heteroatoms. The molecule has 0 atom stereocenters. The second kappa shape index (κ2) is 7.85. The van der Waals surface area contributed by atoms with Gasteiger partial charge in [-0.1, -0.05) is 45.9 Å². The van der Waals surface area contributed by atoms with E-state index >= 15 is 0 Å². The van der Waals surface area contributed by atoms with Crippen molar-refractivity contribution in [3.63, 3.8) is 0 Å². The summed E-state index contributed by atoms with van der Waals surface area (Å²) in [5.74, 6) is 0.437. The summed E-state index contributed by atoms with van der Waals surface area (Å²) in [5.41, 5.74) is 1.96. The van der Waals surface area contributed by atoms with Gasteiger partial charge in [-0.15, -0.1) is 0 Å². The van der Waals surface area contributed by atoms with Gasteiger partial charge in [0.15, 0.2) is 0 Å². The van der Waals surface area contributed by atoms with Gasteiger partial charge < -0.3 is 4.74 Å². The summed E-state index contributed by atoms with van der Waals surface area (Å²) in [6.07, 6.45) is 4.57. The molecule has 3 rings (SSSR count). The first kappa shape index (κ1) is 23.1. The summed E-state index contributed by atoms with van der Waals surface area (Å²) in [6, 6.07) is 10.1. The number of nitrogens with zero attached hydrogens (tertiary/aromatic N) is 3. The third-order valence-corrected chi connectivity index (χ3v) is 5.74. The summed E-state index contributed by atoms with van der Waals surface area (Å²) in [5, 5.41) is 5.69. The van der Waals surface area contributed by atoms with Gasteiger partial charge in [-0.2, -0.15) is 5.10 Å². The van der Waals surface area contributed by atoms with Crippen molar-refractivity contribution in [3.05, 3.63) is 54.0 Å². The number of aromatic nitrogens is 3. The van der Waals surface area contributed by atoms with Crippen molar-refractivity contribution in [1.82, 2.24) is 14.3 Å². The molecular formula is C26H37N3O2. The fourth-order valence-corrected chi connectivity index (χ4v) is 4.38. The maximum absolute atomic E-state index is 13.2. The number of carbonyl (C=O) groups is 1. The molecule has 0 spiro atoms. The van der Waals surface area contributed by atoms with Crippen LogP contribution < -0.4 is 0 Å². The Morgan fingerprint density at radius 1 is 1.06 bits per heavy atom. The number of benzene rings is 1. The number of hydrogen-bond donors (Lipinski definition) is 0. The summed E-state index contributed by atoms with van der Waals surface area (Å²) in [6.45, 7) is 18.8. The molecule has 0 aliphatic carbocycles. The van der Waals surface area contributed by atoms with Crippen molar-refractivity contribution in [3.8, 4) is 0 Å². The van der Waals surface area contributed by atoms with Crippen LogP contribution in [0, 0.1) is 0 Å². The molecule has 0 N–H and O–H groups in total. The highest BCUT2D eigenvalue weighted by Crippen LogP contribution is 2.39. The maximum Gasteiger partial charge on any atom is 0.419 e. The van der Waals surface area contributed by atoms with Crippen LogP contribution in [0.4, 0.5) is 4.79 Å². The fourth-order valence-electron chi connectivity index (χ4n) is 4.38. The standard InChI is InChI=1S/C26H37N3O2/c1-18(2)20-15-27-28(16-20)26(8,9)17-25(6,7)22-14-19-12-10-11-13-21(19)29(22)23(30)31-24(3,4)5/h10-16,18H,17H2,1-9H3. The quantitative estimate of drug-likeness (QED) is 0.451. The molecule has 1 aromatic carbocycles. The van der Waals surface area contributed by atoms with E-state index in [1.54, 1.807) is 4.57 Å². The molecule has 0 amide bonds. The van der Waals surface area contributed by atoms with Gasteiger partial charge in [0.1, 0.15) is 5.60 Å². The summed E-state index contributed by atoms with van der Waals surface area (Å²) in [4.78, 5) is 13.2. The molecule has 0 saturated carbocycles. The smallest absolute Gasteiger partial charge is 0.419 e. The van der Waals surface area contributed by atoms with Crippen molar-refractivity contribution in [2.45, 2.75) is 91.2 Å². The molecule has 2 aromatic heterocycles. The van der Waals surface area contributed by atoms with Crippen LogP contribution in [0.5, 0.6) is 0 Å². The molecule has 0 unspecified atom stereocenters. The van der Waals surface area contributed by atoms with Crippen LogP contribution in [0.3, 0.4) is 0 Å². The third kappa shape index (κ3) is 4.86. The molecule has 0 fully saturated rings. The second-order valence-electron chi connectivity index (χ2n) is 11.2. The Morgan fingerprint density at radius 3 is 2.29 bits per heavy atom. The zero-order chi connectivity index (χ0) is 23.2. The molecule has 3 aromatic rings. The van der Waals surface area contributed by atoms with Gasteiger partial charge >= 0.3 is 6.09 Å². The van der Waals surface area contributed by atoms with Crippen LogP contribution in [-0.2, 0) is 15.7 Å². The minimum atomic E-state index is -0.564. The van der Waals surface area contributed by atoms with Crippen molar-refractivity contribution in [1.29, 1.82) is 0 Å². The van der Waals surface area contributed by atoms with E-state index in [2.05, 4.69) is 63.6 Å². The van der Waals surface area contributed by atoms with Gasteiger partial charge in [-0.3, -0.25) is 4.68 Å². The van der Waals surface area contributed by atoms with E-state index < -0.39 is 5.60 Å². The summed E-state index contributed by atoms with van der Waals surface area (Å²) >= 11 is 0. The SMILES string of the molecule is CC(C)c1cnn(C(C)(C)CC(C)(C)c2cc3ccccc3n2C(=O)OC(C)(C)C)c1. The number of ether oxygens (including phenoxy) is 1. The summed E-state index contributed by atoms with van der Waals surface area (Å²) in [7, 11) is 0. The minimum Gasteiger partial charge on any atom is -0.443 e. The van der Waals surface area contributed by atoms with Gasteiger partial charge in [0, 0.05) is 22.7 Å². The molecule has 5 nitrogen and oxygen atoms in total. The number of para-hydroxylation sites is 1. The predicted octanol–water partition coefficient (Wildman–Crippen LogP) is 6.85. The van der Waals surface area contributed by atoms with E-state index in [-0.39, 0.29) is 17.0 Å². The number of carbonyl (C=O) groups excluding carboxylic acids is 1. The van der Waals surface area contributed by atoms with Crippen molar-refractivity contribution in [2.24, 2.45) is 0 Å². The van der Waals surface area contributed by atoms with Crippen LogP contribution in [0.1, 0.15) is 85.9 Å². The molecule has 0 aliphatic heterocycles. The molecule has 2 heterocycles. The maximum atomic E-state index is 13.2. The average Bonchev–Trinajstić information content (AvgIpc) is 3.25. The minimum absolute atomic E-state index is 0.230. The Labute approximate surface area is 186 Å². The average molecular weight is 424 g/mol. The van der Waals surface area contributed by atoms with E-state index in [0.717, 1.165) is 23.0 Å². The molecule has 0 radical (unpaired) electrons. The van der Waals surface area contributed by atoms with Gasteiger partial charge in [-0.05, 0) is 64.7 Å². The zero-order valence-electron chi connectivity index (χ0n) is 20.5. The Hall–Kier alpha value is -2.56. The molecular weight excluding hydrogens is 386 g/mol. The van der Waals surface area contributed by atoms with Gasteiger partial charge in [0.25, 0.3) is 0 Å². The highest BCUT2D eigenvalue weighted by Gasteiger charge is 2.36. The van der Waals surface area contributed by atoms with Crippen molar-refractivity contribution in [2.75, 3.05) is 0 Å². The van der Waals surface area contributed by atoms with Gasteiger partial charge in [0.05, 0.1) is 17.3 Å². The first-order chi connectivity index (χ1) is 14.2. The highest BCUT2D eigenvalue weighted by atomic mass is 16.6. The van der Waals surface area contributed by atoms with Gasteiger partial charge in [-0.25, -0.2) is 9.36 Å². The lowest BCUT2D eigenvalue weighted by molar-refractivity contribution is 0.0532. The zero-order valence-corrected chi connectivity index (χ0v) is 20.5. The molecule has 0 aliphatic rings. The lowest BCUT2D eigenvalue weighted by Gasteiger charge is -2.36. The largest absolute Gasteiger partial charge is 0.443 e. The van der Waals surface area contributed by atoms with E-state index in [1.165, 1.54) is 5.56 Å². The predicted molar refractivity (Wildman–Crippen MR) is 127 cm³/mol.